The van der Waals surface area contributed by atoms with Crippen LogP contribution in [0.5, 0.6) is 0 Å². The molecule has 4 rings (SSSR count). The topological polar surface area (TPSA) is 53.2 Å². The van der Waals surface area contributed by atoms with Crippen molar-refractivity contribution in [1.29, 1.82) is 0 Å². The molecule has 2 aromatic heterocycles. The summed E-state index contributed by atoms with van der Waals surface area (Å²) in [7, 11) is 0. The lowest BCUT2D eigenvalue weighted by atomic mass is 10.1. The summed E-state index contributed by atoms with van der Waals surface area (Å²) in [4.78, 5) is 29.9. The van der Waals surface area contributed by atoms with E-state index >= 15 is 0 Å². The van der Waals surface area contributed by atoms with Crippen LogP contribution in [0.3, 0.4) is 0 Å². The van der Waals surface area contributed by atoms with E-state index in [2.05, 4.69) is 16.4 Å². The summed E-state index contributed by atoms with van der Waals surface area (Å²) in [6, 6.07) is 4.02. The second kappa shape index (κ2) is 5.39. The van der Waals surface area contributed by atoms with Gasteiger partial charge in [0, 0.05) is 12.2 Å². The molecule has 1 aliphatic carbocycles. The molecule has 1 atom stereocenters. The van der Waals surface area contributed by atoms with E-state index in [0.29, 0.717) is 5.56 Å². The van der Waals surface area contributed by atoms with E-state index in [-0.39, 0.29) is 17.5 Å². The van der Waals surface area contributed by atoms with Gasteiger partial charge in [0.2, 0.25) is 0 Å². The van der Waals surface area contributed by atoms with Crippen LogP contribution in [0.2, 0.25) is 0 Å². The first kappa shape index (κ1) is 13.8. The van der Waals surface area contributed by atoms with E-state index in [4.69, 9.17) is 0 Å². The number of fused-ring (bicyclic) bond motifs is 1. The number of hydrogen-bond acceptors (Lipinski definition) is 3. The molecular weight excluding hydrogens is 296 g/mol. The lowest BCUT2D eigenvalue weighted by Crippen LogP contribution is -2.34. The zero-order valence-corrected chi connectivity index (χ0v) is 13.1. The van der Waals surface area contributed by atoms with Gasteiger partial charge in [-0.1, -0.05) is 0 Å². The van der Waals surface area contributed by atoms with Gasteiger partial charge in [0.25, 0.3) is 11.5 Å². The van der Waals surface area contributed by atoms with Gasteiger partial charge in [0.05, 0.1) is 6.04 Å². The Bertz CT molecular complexity index is 763. The van der Waals surface area contributed by atoms with Gasteiger partial charge in [-0.25, -0.2) is 0 Å². The fourth-order valence-corrected chi connectivity index (χ4v) is 4.35. The zero-order chi connectivity index (χ0) is 15.1. The van der Waals surface area contributed by atoms with Crippen LogP contribution in [-0.4, -0.2) is 22.3 Å². The maximum atomic E-state index is 12.9. The molecule has 5 heteroatoms. The highest BCUT2D eigenvalue weighted by Crippen LogP contribution is 2.34. The molecule has 1 aliphatic heterocycles. The molecule has 1 N–H and O–H groups in total. The van der Waals surface area contributed by atoms with Crippen molar-refractivity contribution in [2.75, 3.05) is 6.54 Å². The molecule has 0 bridgehead atoms. The third-order valence-corrected chi connectivity index (χ3v) is 5.46. The van der Waals surface area contributed by atoms with E-state index in [1.807, 2.05) is 16.3 Å². The third kappa shape index (κ3) is 2.20. The maximum absolute atomic E-state index is 12.9. The number of rotatable bonds is 2. The number of likely N-dealkylation sites (tertiary alicyclic amines) is 1. The minimum absolute atomic E-state index is 0.117. The Labute approximate surface area is 132 Å². The number of carbonyl (C=O) groups excluding carboxylic acids is 1. The summed E-state index contributed by atoms with van der Waals surface area (Å²) in [5.41, 5.74) is 3.41. The van der Waals surface area contributed by atoms with Crippen molar-refractivity contribution in [3.05, 3.63) is 55.6 Å². The van der Waals surface area contributed by atoms with Crippen molar-refractivity contribution in [2.45, 2.75) is 38.1 Å². The van der Waals surface area contributed by atoms with Gasteiger partial charge >= 0.3 is 0 Å². The summed E-state index contributed by atoms with van der Waals surface area (Å²) in [5.74, 6) is -0.121. The van der Waals surface area contributed by atoms with Gasteiger partial charge in [-0.2, -0.15) is 11.3 Å². The van der Waals surface area contributed by atoms with Crippen molar-refractivity contribution in [3.8, 4) is 0 Å². The SMILES string of the molecule is O=C(c1cc2c([nH]c1=O)CCC2)N1CCC[C@@H]1c1ccsc1. The Morgan fingerprint density at radius 3 is 3.05 bits per heavy atom. The standard InChI is InChI=1S/C17H18N2O2S/c20-16-13(9-11-3-1-4-14(11)18-16)17(21)19-7-2-5-15(19)12-6-8-22-10-12/h6,8-10,15H,1-5,7H2,(H,18,20)/t15-/m1/s1. The summed E-state index contributed by atoms with van der Waals surface area (Å²) >= 11 is 1.65. The monoisotopic (exact) mass is 314 g/mol. The molecule has 1 saturated heterocycles. The van der Waals surface area contributed by atoms with Gasteiger partial charge < -0.3 is 9.88 Å². The first-order valence-electron chi connectivity index (χ1n) is 7.82. The summed E-state index contributed by atoms with van der Waals surface area (Å²) in [6.07, 6.45) is 4.91. The van der Waals surface area contributed by atoms with Crippen LogP contribution in [0.1, 0.15) is 52.5 Å². The quantitative estimate of drug-likeness (QED) is 0.926. The Kier molecular flexibility index (Phi) is 3.37. The van der Waals surface area contributed by atoms with Crippen molar-refractivity contribution in [2.24, 2.45) is 0 Å². The number of thiophene rings is 1. The number of nitrogens with one attached hydrogen (secondary N) is 1. The molecule has 4 nitrogen and oxygen atoms in total. The number of aryl methyl sites for hydroxylation is 2. The van der Waals surface area contributed by atoms with Crippen LogP contribution in [0.25, 0.3) is 0 Å². The van der Waals surface area contributed by atoms with Crippen molar-refractivity contribution < 1.29 is 4.79 Å². The summed E-state index contributed by atoms with van der Waals surface area (Å²) < 4.78 is 0. The number of nitrogens with zero attached hydrogens (tertiary/aromatic N) is 1. The van der Waals surface area contributed by atoms with Crippen LogP contribution in [0.4, 0.5) is 0 Å². The van der Waals surface area contributed by atoms with Gasteiger partial charge in [0.1, 0.15) is 5.56 Å². The molecule has 0 saturated carbocycles. The van der Waals surface area contributed by atoms with E-state index in [1.54, 1.807) is 11.3 Å². The average Bonchev–Trinajstić information content (AvgIpc) is 3.25. The highest BCUT2D eigenvalue weighted by molar-refractivity contribution is 7.07. The highest BCUT2D eigenvalue weighted by atomic mass is 32.1. The molecule has 1 fully saturated rings. The number of aromatic nitrogens is 1. The van der Waals surface area contributed by atoms with Gasteiger partial charge in [0.15, 0.2) is 0 Å². The number of carbonyl (C=O) groups is 1. The fourth-order valence-electron chi connectivity index (χ4n) is 3.65. The summed E-state index contributed by atoms with van der Waals surface area (Å²) in [5, 5.41) is 4.14. The summed E-state index contributed by atoms with van der Waals surface area (Å²) in [6.45, 7) is 0.732. The van der Waals surface area contributed by atoms with Crippen LogP contribution in [0, 0.1) is 0 Å². The number of pyridine rings is 1. The predicted octanol–water partition coefficient (Wildman–Crippen LogP) is 2.90. The van der Waals surface area contributed by atoms with E-state index in [1.165, 1.54) is 5.56 Å². The van der Waals surface area contributed by atoms with Gasteiger partial charge in [-0.15, -0.1) is 0 Å². The van der Waals surface area contributed by atoms with E-state index in [0.717, 1.165) is 49.9 Å². The number of H-pyrrole nitrogens is 1. The largest absolute Gasteiger partial charge is 0.331 e. The molecule has 2 aliphatic rings. The predicted molar refractivity (Wildman–Crippen MR) is 86.4 cm³/mol. The molecule has 3 heterocycles. The molecule has 22 heavy (non-hydrogen) atoms. The second-order valence-electron chi connectivity index (χ2n) is 6.08. The smallest absolute Gasteiger partial charge is 0.261 e. The fraction of sp³-hybridized carbons (Fsp3) is 0.412. The van der Waals surface area contributed by atoms with Crippen molar-refractivity contribution in [3.63, 3.8) is 0 Å². The normalized spacial score (nSPS) is 20.4. The Morgan fingerprint density at radius 2 is 2.23 bits per heavy atom. The minimum atomic E-state index is -0.235. The molecule has 0 unspecified atom stereocenters. The molecule has 0 radical (unpaired) electrons. The third-order valence-electron chi connectivity index (χ3n) is 4.76. The second-order valence-corrected chi connectivity index (χ2v) is 6.86. The van der Waals surface area contributed by atoms with Crippen LogP contribution >= 0.6 is 11.3 Å². The molecule has 2 aromatic rings. The Hall–Kier alpha value is -1.88. The van der Waals surface area contributed by atoms with E-state index < -0.39 is 0 Å². The van der Waals surface area contributed by atoms with Crippen molar-refractivity contribution in [1.82, 2.24) is 9.88 Å². The number of amides is 1. The molecule has 1 amide bonds. The first-order chi connectivity index (χ1) is 10.7. The Morgan fingerprint density at radius 1 is 1.32 bits per heavy atom. The van der Waals surface area contributed by atoms with E-state index in [9.17, 15) is 9.59 Å². The first-order valence-corrected chi connectivity index (χ1v) is 8.76. The van der Waals surface area contributed by atoms with Gasteiger partial charge in [-0.3, -0.25) is 9.59 Å². The number of aromatic amines is 1. The minimum Gasteiger partial charge on any atom is -0.331 e. The molecular formula is C17H18N2O2S. The lowest BCUT2D eigenvalue weighted by molar-refractivity contribution is 0.0734. The Balaban J connectivity index is 1.68. The van der Waals surface area contributed by atoms with Crippen LogP contribution < -0.4 is 5.56 Å². The zero-order valence-electron chi connectivity index (χ0n) is 12.3. The van der Waals surface area contributed by atoms with Crippen LogP contribution in [0.15, 0.2) is 27.7 Å². The van der Waals surface area contributed by atoms with Crippen molar-refractivity contribution >= 4 is 17.2 Å². The molecule has 0 aromatic carbocycles. The highest BCUT2D eigenvalue weighted by Gasteiger charge is 2.32. The molecule has 0 spiro atoms. The molecule has 114 valence electrons. The average molecular weight is 314 g/mol. The maximum Gasteiger partial charge on any atom is 0.261 e. The van der Waals surface area contributed by atoms with Gasteiger partial charge in [-0.05, 0) is 66.1 Å². The lowest BCUT2D eigenvalue weighted by Gasteiger charge is -2.24. The van der Waals surface area contributed by atoms with Crippen LogP contribution in [-0.2, 0) is 12.8 Å². The number of hydrogen-bond donors (Lipinski definition) is 1.